The van der Waals surface area contributed by atoms with Crippen molar-refractivity contribution in [2.24, 2.45) is 5.73 Å². The number of carbonyl (C=O) groups excluding carboxylic acids is 1. The third-order valence-corrected chi connectivity index (χ3v) is 4.37. The van der Waals surface area contributed by atoms with Crippen LogP contribution in [0.2, 0.25) is 0 Å². The van der Waals surface area contributed by atoms with Gasteiger partial charge in [0.1, 0.15) is 5.82 Å². The zero-order chi connectivity index (χ0) is 16.1. The monoisotopic (exact) mass is 343 g/mol. The molecule has 1 amide bonds. The molecule has 4 nitrogen and oxygen atoms in total. The van der Waals surface area contributed by atoms with E-state index in [-0.39, 0.29) is 42.3 Å². The van der Waals surface area contributed by atoms with Gasteiger partial charge in [-0.05, 0) is 50.9 Å². The predicted octanol–water partition coefficient (Wildman–Crippen LogP) is 2.63. The Labute approximate surface area is 144 Å². The minimum absolute atomic E-state index is 0. The predicted molar refractivity (Wildman–Crippen MR) is 93.1 cm³/mol. The number of piperidine rings is 1. The summed E-state index contributed by atoms with van der Waals surface area (Å²) in [6.07, 6.45) is 3.35. The summed E-state index contributed by atoms with van der Waals surface area (Å²) < 4.78 is 12.9. The van der Waals surface area contributed by atoms with Gasteiger partial charge >= 0.3 is 0 Å². The third kappa shape index (κ3) is 5.75. The highest BCUT2D eigenvalue weighted by Crippen LogP contribution is 2.19. The van der Waals surface area contributed by atoms with E-state index < -0.39 is 0 Å². The van der Waals surface area contributed by atoms with Crippen LogP contribution in [0.25, 0.3) is 0 Å². The van der Waals surface area contributed by atoms with Crippen molar-refractivity contribution in [3.8, 4) is 0 Å². The summed E-state index contributed by atoms with van der Waals surface area (Å²) in [5.41, 5.74) is 6.93. The molecule has 1 aliphatic rings. The zero-order valence-corrected chi connectivity index (χ0v) is 14.6. The van der Waals surface area contributed by atoms with Crippen molar-refractivity contribution in [2.45, 2.75) is 51.2 Å². The van der Waals surface area contributed by atoms with Crippen LogP contribution in [0.5, 0.6) is 0 Å². The molecular formula is C17H27ClFN3O. The van der Waals surface area contributed by atoms with E-state index in [0.29, 0.717) is 6.54 Å². The number of halogens is 2. The number of nitrogens with two attached hydrogens (primary N) is 1. The average molecular weight is 344 g/mol. The molecule has 2 rings (SSSR count). The second kappa shape index (κ2) is 9.21. The molecule has 6 heteroatoms. The largest absolute Gasteiger partial charge is 0.348 e. The standard InChI is InChI=1S/C17H26FN3O.ClH/c1-12(19)16-5-3-4-10-21(16)11-17(22)20-13(2)14-6-8-15(18)9-7-14;/h6-9,12-13,16H,3-5,10-11,19H2,1-2H3,(H,20,22);1H. The van der Waals surface area contributed by atoms with Crippen LogP contribution in [0.1, 0.15) is 44.7 Å². The normalized spacial score (nSPS) is 21.1. The highest BCUT2D eigenvalue weighted by atomic mass is 35.5. The summed E-state index contributed by atoms with van der Waals surface area (Å²) >= 11 is 0. The lowest BCUT2D eigenvalue weighted by molar-refractivity contribution is -0.123. The topological polar surface area (TPSA) is 58.4 Å². The van der Waals surface area contributed by atoms with Crippen molar-refractivity contribution in [2.75, 3.05) is 13.1 Å². The van der Waals surface area contributed by atoms with Gasteiger partial charge in [-0.2, -0.15) is 0 Å². The van der Waals surface area contributed by atoms with Crippen molar-refractivity contribution < 1.29 is 9.18 Å². The van der Waals surface area contributed by atoms with Crippen molar-refractivity contribution in [3.63, 3.8) is 0 Å². The second-order valence-corrected chi connectivity index (χ2v) is 6.23. The van der Waals surface area contributed by atoms with Crippen molar-refractivity contribution >= 4 is 18.3 Å². The Morgan fingerprint density at radius 2 is 2.00 bits per heavy atom. The summed E-state index contributed by atoms with van der Waals surface area (Å²) in [6.45, 7) is 5.20. The molecule has 1 saturated heterocycles. The zero-order valence-electron chi connectivity index (χ0n) is 13.8. The molecule has 1 aromatic rings. The number of nitrogens with zero attached hydrogens (tertiary/aromatic N) is 1. The molecule has 1 aromatic carbocycles. The lowest BCUT2D eigenvalue weighted by Crippen LogP contribution is -2.52. The molecule has 0 bridgehead atoms. The van der Waals surface area contributed by atoms with Gasteiger partial charge in [0, 0.05) is 12.1 Å². The number of rotatable bonds is 5. The van der Waals surface area contributed by atoms with E-state index in [1.54, 1.807) is 12.1 Å². The first-order valence-corrected chi connectivity index (χ1v) is 8.02. The van der Waals surface area contributed by atoms with Crippen LogP contribution in [0.15, 0.2) is 24.3 Å². The molecule has 0 aliphatic carbocycles. The lowest BCUT2D eigenvalue weighted by Gasteiger charge is -2.37. The van der Waals surface area contributed by atoms with Crippen LogP contribution in [-0.4, -0.2) is 36.0 Å². The highest BCUT2D eigenvalue weighted by Gasteiger charge is 2.27. The van der Waals surface area contributed by atoms with Gasteiger partial charge in [-0.15, -0.1) is 12.4 Å². The molecule has 3 unspecified atom stereocenters. The molecule has 0 radical (unpaired) electrons. The lowest BCUT2D eigenvalue weighted by atomic mass is 9.97. The smallest absolute Gasteiger partial charge is 0.234 e. The first-order valence-electron chi connectivity index (χ1n) is 8.02. The van der Waals surface area contributed by atoms with E-state index in [1.165, 1.54) is 18.6 Å². The Morgan fingerprint density at radius 3 is 2.61 bits per heavy atom. The van der Waals surface area contributed by atoms with Crippen LogP contribution in [-0.2, 0) is 4.79 Å². The number of amides is 1. The number of benzene rings is 1. The number of carbonyl (C=O) groups is 1. The Balaban J connectivity index is 0.00000264. The Bertz CT molecular complexity index is 495. The SMILES string of the molecule is CC(NC(=O)CN1CCCCC1C(C)N)c1ccc(F)cc1.Cl. The van der Waals surface area contributed by atoms with Gasteiger partial charge in [-0.3, -0.25) is 9.69 Å². The van der Waals surface area contributed by atoms with Crippen LogP contribution in [0.3, 0.4) is 0 Å². The quantitative estimate of drug-likeness (QED) is 0.864. The Kier molecular flexibility index (Phi) is 7.95. The van der Waals surface area contributed by atoms with Gasteiger partial charge in [0.15, 0.2) is 0 Å². The van der Waals surface area contributed by atoms with Crippen LogP contribution in [0.4, 0.5) is 4.39 Å². The van der Waals surface area contributed by atoms with Crippen LogP contribution in [0, 0.1) is 5.82 Å². The van der Waals surface area contributed by atoms with Gasteiger partial charge in [0.25, 0.3) is 0 Å². The van der Waals surface area contributed by atoms with Gasteiger partial charge in [0.2, 0.25) is 5.91 Å². The molecular weight excluding hydrogens is 317 g/mol. The number of likely N-dealkylation sites (tertiary alicyclic amines) is 1. The Hall–Kier alpha value is -1.17. The van der Waals surface area contributed by atoms with Crippen LogP contribution >= 0.6 is 12.4 Å². The van der Waals surface area contributed by atoms with Gasteiger partial charge < -0.3 is 11.1 Å². The van der Waals surface area contributed by atoms with E-state index in [0.717, 1.165) is 24.9 Å². The van der Waals surface area contributed by atoms with E-state index >= 15 is 0 Å². The molecule has 1 heterocycles. The molecule has 1 fully saturated rings. The summed E-state index contributed by atoms with van der Waals surface area (Å²) in [4.78, 5) is 14.4. The average Bonchev–Trinajstić information content (AvgIpc) is 2.48. The van der Waals surface area contributed by atoms with Gasteiger partial charge in [-0.1, -0.05) is 18.6 Å². The van der Waals surface area contributed by atoms with Gasteiger partial charge in [0.05, 0.1) is 12.6 Å². The minimum Gasteiger partial charge on any atom is -0.348 e. The van der Waals surface area contributed by atoms with Gasteiger partial charge in [-0.25, -0.2) is 4.39 Å². The number of hydrogen-bond acceptors (Lipinski definition) is 3. The maximum Gasteiger partial charge on any atom is 0.234 e. The molecule has 0 saturated carbocycles. The summed E-state index contributed by atoms with van der Waals surface area (Å²) in [5.74, 6) is -0.278. The molecule has 3 N–H and O–H groups in total. The third-order valence-electron chi connectivity index (χ3n) is 4.37. The molecule has 1 aliphatic heterocycles. The maximum atomic E-state index is 12.9. The minimum atomic E-state index is -0.268. The van der Waals surface area contributed by atoms with E-state index in [1.807, 2.05) is 13.8 Å². The highest BCUT2D eigenvalue weighted by molar-refractivity contribution is 5.85. The second-order valence-electron chi connectivity index (χ2n) is 6.23. The maximum absolute atomic E-state index is 12.9. The number of hydrogen-bond donors (Lipinski definition) is 2. The van der Waals surface area contributed by atoms with E-state index in [4.69, 9.17) is 5.73 Å². The van der Waals surface area contributed by atoms with E-state index in [2.05, 4.69) is 10.2 Å². The fraction of sp³-hybridized carbons (Fsp3) is 0.588. The first kappa shape index (κ1) is 19.9. The van der Waals surface area contributed by atoms with E-state index in [9.17, 15) is 9.18 Å². The van der Waals surface area contributed by atoms with Crippen LogP contribution < -0.4 is 11.1 Å². The van der Waals surface area contributed by atoms with Crippen molar-refractivity contribution in [1.29, 1.82) is 0 Å². The fourth-order valence-electron chi connectivity index (χ4n) is 3.11. The molecule has 0 spiro atoms. The number of nitrogens with one attached hydrogen (secondary N) is 1. The molecule has 130 valence electrons. The molecule has 3 atom stereocenters. The molecule has 23 heavy (non-hydrogen) atoms. The van der Waals surface area contributed by atoms with Crippen molar-refractivity contribution in [3.05, 3.63) is 35.6 Å². The first-order chi connectivity index (χ1) is 10.5. The Morgan fingerprint density at radius 1 is 1.35 bits per heavy atom. The summed E-state index contributed by atoms with van der Waals surface area (Å²) in [5, 5.41) is 2.98. The summed E-state index contributed by atoms with van der Waals surface area (Å²) in [7, 11) is 0. The summed E-state index contributed by atoms with van der Waals surface area (Å²) in [6, 6.07) is 6.44. The molecule has 0 aromatic heterocycles. The van der Waals surface area contributed by atoms with Crippen molar-refractivity contribution in [1.82, 2.24) is 10.2 Å². The fourth-order valence-corrected chi connectivity index (χ4v) is 3.11.